The zero-order chi connectivity index (χ0) is 11.8. The first-order chi connectivity index (χ1) is 8.31. The van der Waals surface area contributed by atoms with E-state index in [1.165, 1.54) is 0 Å². The van der Waals surface area contributed by atoms with Crippen LogP contribution in [0, 0.1) is 0 Å². The minimum Gasteiger partial charge on any atom is -0.464 e. The minimum absolute atomic E-state index is 0.430. The van der Waals surface area contributed by atoms with E-state index in [-0.39, 0.29) is 0 Å². The van der Waals surface area contributed by atoms with Crippen molar-refractivity contribution in [1.82, 2.24) is 9.55 Å². The van der Waals surface area contributed by atoms with Gasteiger partial charge in [-0.25, -0.2) is 4.98 Å². The first kappa shape index (κ1) is 9.84. The van der Waals surface area contributed by atoms with Crippen molar-refractivity contribution in [3.8, 4) is 11.3 Å². The van der Waals surface area contributed by atoms with Gasteiger partial charge in [0.05, 0.1) is 12.0 Å². The maximum absolute atomic E-state index is 11.0. The normalized spacial score (nSPS) is 10.9. The molecule has 0 saturated heterocycles. The molecule has 0 aliphatic rings. The van der Waals surface area contributed by atoms with Crippen molar-refractivity contribution in [3.63, 3.8) is 0 Å². The summed E-state index contributed by atoms with van der Waals surface area (Å²) in [6, 6.07) is 7.73. The first-order valence-corrected chi connectivity index (χ1v) is 5.24. The van der Waals surface area contributed by atoms with E-state index >= 15 is 0 Å². The standard InChI is InChI=1S/C13H10N2O2/c1-15-8-14-11(6-16)13(15)10-7-17-12-5-3-2-4-9(10)12/h2-8H,1H3. The van der Waals surface area contributed by atoms with Crippen LogP contribution in [0.5, 0.6) is 0 Å². The van der Waals surface area contributed by atoms with E-state index in [1.54, 1.807) is 12.6 Å². The van der Waals surface area contributed by atoms with E-state index in [2.05, 4.69) is 4.98 Å². The molecule has 0 spiro atoms. The minimum atomic E-state index is 0.430. The second kappa shape index (κ2) is 3.59. The second-order valence-electron chi connectivity index (χ2n) is 3.85. The predicted molar refractivity (Wildman–Crippen MR) is 63.8 cm³/mol. The molecule has 0 N–H and O–H groups in total. The van der Waals surface area contributed by atoms with Gasteiger partial charge in [-0.05, 0) is 6.07 Å². The van der Waals surface area contributed by atoms with Crippen molar-refractivity contribution >= 4 is 17.3 Å². The number of hydrogen-bond acceptors (Lipinski definition) is 3. The van der Waals surface area contributed by atoms with Crippen molar-refractivity contribution in [3.05, 3.63) is 42.5 Å². The lowest BCUT2D eigenvalue weighted by Crippen LogP contribution is -1.92. The molecule has 17 heavy (non-hydrogen) atoms. The number of hydrogen-bond donors (Lipinski definition) is 0. The summed E-state index contributed by atoms with van der Waals surface area (Å²) in [5.41, 5.74) is 2.91. The summed E-state index contributed by atoms with van der Waals surface area (Å²) >= 11 is 0. The molecule has 3 aromatic rings. The Labute approximate surface area is 97.5 Å². The molecule has 0 bridgehead atoms. The molecule has 0 fully saturated rings. The molecule has 84 valence electrons. The molecule has 0 atom stereocenters. The van der Waals surface area contributed by atoms with Crippen LogP contribution in [-0.2, 0) is 7.05 Å². The van der Waals surface area contributed by atoms with Crippen molar-refractivity contribution in [1.29, 1.82) is 0 Å². The third-order valence-corrected chi connectivity index (χ3v) is 2.81. The highest BCUT2D eigenvalue weighted by molar-refractivity contribution is 5.97. The molecule has 0 unspecified atom stereocenters. The number of para-hydroxylation sites is 1. The Hall–Kier alpha value is -2.36. The number of nitrogens with zero attached hydrogens (tertiary/aromatic N) is 2. The molecule has 0 radical (unpaired) electrons. The van der Waals surface area contributed by atoms with Gasteiger partial charge in [0, 0.05) is 18.0 Å². The topological polar surface area (TPSA) is 48.0 Å². The molecule has 2 aromatic heterocycles. The van der Waals surface area contributed by atoms with Gasteiger partial charge in [0.15, 0.2) is 6.29 Å². The van der Waals surface area contributed by atoms with Gasteiger partial charge in [0.1, 0.15) is 17.5 Å². The van der Waals surface area contributed by atoms with Crippen molar-refractivity contribution in [2.24, 2.45) is 7.05 Å². The molecular weight excluding hydrogens is 216 g/mol. The summed E-state index contributed by atoms with van der Waals surface area (Å²) in [4.78, 5) is 15.0. The van der Waals surface area contributed by atoms with Gasteiger partial charge in [0.25, 0.3) is 0 Å². The van der Waals surface area contributed by atoms with E-state index < -0.39 is 0 Å². The Kier molecular flexibility index (Phi) is 2.08. The Morgan fingerprint density at radius 3 is 3.00 bits per heavy atom. The summed E-state index contributed by atoms with van der Waals surface area (Å²) in [5.74, 6) is 0. The maximum Gasteiger partial charge on any atom is 0.170 e. The zero-order valence-electron chi connectivity index (χ0n) is 9.25. The van der Waals surface area contributed by atoms with Crippen LogP contribution < -0.4 is 0 Å². The quantitative estimate of drug-likeness (QED) is 0.631. The van der Waals surface area contributed by atoms with E-state index in [4.69, 9.17) is 4.42 Å². The molecule has 0 saturated carbocycles. The molecule has 3 rings (SSSR count). The van der Waals surface area contributed by atoms with Gasteiger partial charge in [-0.3, -0.25) is 4.79 Å². The average molecular weight is 226 g/mol. The zero-order valence-corrected chi connectivity index (χ0v) is 9.25. The number of furan rings is 1. The smallest absolute Gasteiger partial charge is 0.170 e. The van der Waals surface area contributed by atoms with Crippen molar-refractivity contribution < 1.29 is 9.21 Å². The Morgan fingerprint density at radius 2 is 2.18 bits per heavy atom. The van der Waals surface area contributed by atoms with Gasteiger partial charge in [-0.2, -0.15) is 0 Å². The number of rotatable bonds is 2. The van der Waals surface area contributed by atoms with Crippen LogP contribution >= 0.6 is 0 Å². The number of imidazole rings is 1. The number of aldehydes is 1. The number of aryl methyl sites for hydroxylation is 1. The fourth-order valence-electron chi connectivity index (χ4n) is 2.02. The lowest BCUT2D eigenvalue weighted by molar-refractivity contribution is 0.112. The van der Waals surface area contributed by atoms with E-state index in [1.807, 2.05) is 35.9 Å². The van der Waals surface area contributed by atoms with Crippen LogP contribution in [0.4, 0.5) is 0 Å². The largest absolute Gasteiger partial charge is 0.464 e. The highest BCUT2D eigenvalue weighted by Crippen LogP contribution is 2.31. The van der Waals surface area contributed by atoms with Gasteiger partial charge in [0.2, 0.25) is 0 Å². The predicted octanol–water partition coefficient (Wildman–Crippen LogP) is 2.65. The molecule has 0 aliphatic heterocycles. The average Bonchev–Trinajstić information content (AvgIpc) is 2.92. The lowest BCUT2D eigenvalue weighted by atomic mass is 10.1. The number of aromatic nitrogens is 2. The summed E-state index contributed by atoms with van der Waals surface area (Å²) in [5, 5.41) is 0.985. The maximum atomic E-state index is 11.0. The van der Waals surface area contributed by atoms with E-state index in [0.717, 1.165) is 28.5 Å². The van der Waals surface area contributed by atoms with Crippen LogP contribution in [0.25, 0.3) is 22.2 Å². The Morgan fingerprint density at radius 1 is 1.35 bits per heavy atom. The number of carbonyl (C=O) groups is 1. The first-order valence-electron chi connectivity index (χ1n) is 5.24. The van der Waals surface area contributed by atoms with Crippen LogP contribution in [0.1, 0.15) is 10.5 Å². The molecule has 1 aromatic carbocycles. The number of benzene rings is 1. The fourth-order valence-corrected chi connectivity index (χ4v) is 2.02. The van der Waals surface area contributed by atoms with Gasteiger partial charge in [-0.15, -0.1) is 0 Å². The molecule has 2 heterocycles. The highest BCUT2D eigenvalue weighted by atomic mass is 16.3. The Balaban J connectivity index is 2.34. The van der Waals surface area contributed by atoms with Gasteiger partial charge >= 0.3 is 0 Å². The summed E-state index contributed by atoms with van der Waals surface area (Å²) in [6.07, 6.45) is 4.05. The monoisotopic (exact) mass is 226 g/mol. The fraction of sp³-hybridized carbons (Fsp3) is 0.0769. The molecule has 4 nitrogen and oxygen atoms in total. The van der Waals surface area contributed by atoms with E-state index in [9.17, 15) is 4.79 Å². The highest BCUT2D eigenvalue weighted by Gasteiger charge is 2.15. The van der Waals surface area contributed by atoms with Gasteiger partial charge in [-0.1, -0.05) is 18.2 Å². The van der Waals surface area contributed by atoms with Crippen LogP contribution in [-0.4, -0.2) is 15.8 Å². The molecular formula is C13H10N2O2. The molecule has 0 amide bonds. The van der Waals surface area contributed by atoms with Crippen LogP contribution in [0.3, 0.4) is 0 Å². The summed E-state index contributed by atoms with van der Waals surface area (Å²) in [6.45, 7) is 0. The SMILES string of the molecule is Cn1cnc(C=O)c1-c1coc2ccccc12. The number of carbonyl (C=O) groups excluding carboxylic acids is 1. The summed E-state index contributed by atoms with van der Waals surface area (Å²) in [7, 11) is 1.86. The second-order valence-corrected chi connectivity index (χ2v) is 3.85. The van der Waals surface area contributed by atoms with E-state index in [0.29, 0.717) is 5.69 Å². The third-order valence-electron chi connectivity index (χ3n) is 2.81. The Bertz CT molecular complexity index is 694. The van der Waals surface area contributed by atoms with Crippen molar-refractivity contribution in [2.45, 2.75) is 0 Å². The van der Waals surface area contributed by atoms with Gasteiger partial charge < -0.3 is 8.98 Å². The number of fused-ring (bicyclic) bond motifs is 1. The van der Waals surface area contributed by atoms with Crippen LogP contribution in [0.15, 0.2) is 41.3 Å². The van der Waals surface area contributed by atoms with Crippen molar-refractivity contribution in [2.75, 3.05) is 0 Å². The lowest BCUT2D eigenvalue weighted by Gasteiger charge is -2.00. The molecule has 4 heteroatoms. The summed E-state index contributed by atoms with van der Waals surface area (Å²) < 4.78 is 7.29. The third kappa shape index (κ3) is 1.38. The van der Waals surface area contributed by atoms with Crippen LogP contribution in [0.2, 0.25) is 0 Å². The molecule has 0 aliphatic carbocycles.